The van der Waals surface area contributed by atoms with E-state index >= 15 is 0 Å². The van der Waals surface area contributed by atoms with Gasteiger partial charge < -0.3 is 19.6 Å². The van der Waals surface area contributed by atoms with Gasteiger partial charge in [-0.3, -0.25) is 9.59 Å². The number of ether oxygens (including phenoxy) is 1. The highest BCUT2D eigenvalue weighted by Gasteiger charge is 2.36. The lowest BCUT2D eigenvalue weighted by Crippen LogP contribution is -2.29. The highest BCUT2D eigenvalue weighted by molar-refractivity contribution is 6.52. The summed E-state index contributed by atoms with van der Waals surface area (Å²) in [6, 6.07) is 18.3. The third-order valence-corrected chi connectivity index (χ3v) is 5.37. The standard InChI is InChI=1S/C25H24N2O4/c1-26(2)15-19-12-17(7-11-23(19)28)18-6-10-22-21(13-18)24(29)25(30)27(22)14-16-4-8-20(31-3)9-5-16/h4-13,28H,14-15H2,1-3H3. The number of anilines is 1. The van der Waals surface area contributed by atoms with Crippen molar-refractivity contribution in [3.05, 3.63) is 77.4 Å². The Morgan fingerprint density at radius 3 is 2.29 bits per heavy atom. The molecule has 1 heterocycles. The van der Waals surface area contributed by atoms with E-state index in [4.69, 9.17) is 4.74 Å². The van der Waals surface area contributed by atoms with Crippen LogP contribution in [-0.2, 0) is 17.9 Å². The summed E-state index contributed by atoms with van der Waals surface area (Å²) in [6.07, 6.45) is 0. The number of benzene rings is 3. The minimum Gasteiger partial charge on any atom is -0.508 e. The summed E-state index contributed by atoms with van der Waals surface area (Å²) in [5.41, 5.74) is 4.43. The molecule has 1 N–H and O–H groups in total. The van der Waals surface area contributed by atoms with Crippen molar-refractivity contribution in [1.82, 2.24) is 4.90 Å². The van der Waals surface area contributed by atoms with Crippen LogP contribution < -0.4 is 9.64 Å². The molecule has 0 saturated heterocycles. The topological polar surface area (TPSA) is 70.1 Å². The maximum absolute atomic E-state index is 12.7. The molecule has 0 bridgehead atoms. The highest BCUT2D eigenvalue weighted by Crippen LogP contribution is 2.35. The van der Waals surface area contributed by atoms with Gasteiger partial charge in [0, 0.05) is 12.1 Å². The van der Waals surface area contributed by atoms with Crippen molar-refractivity contribution in [1.29, 1.82) is 0 Å². The number of fused-ring (bicyclic) bond motifs is 1. The first kappa shape index (κ1) is 20.6. The van der Waals surface area contributed by atoms with Gasteiger partial charge in [0.15, 0.2) is 0 Å². The van der Waals surface area contributed by atoms with Crippen LogP contribution in [0, 0.1) is 0 Å². The molecule has 31 heavy (non-hydrogen) atoms. The lowest BCUT2D eigenvalue weighted by molar-refractivity contribution is -0.114. The Balaban J connectivity index is 1.65. The van der Waals surface area contributed by atoms with Crippen molar-refractivity contribution in [2.45, 2.75) is 13.1 Å². The second-order valence-electron chi connectivity index (χ2n) is 7.88. The summed E-state index contributed by atoms with van der Waals surface area (Å²) in [7, 11) is 5.47. The quantitative estimate of drug-likeness (QED) is 0.618. The maximum atomic E-state index is 12.7. The van der Waals surface area contributed by atoms with Crippen molar-refractivity contribution in [2.24, 2.45) is 0 Å². The fourth-order valence-electron chi connectivity index (χ4n) is 3.78. The molecular formula is C25H24N2O4. The first-order valence-electron chi connectivity index (χ1n) is 9.97. The number of methoxy groups -OCH3 is 1. The largest absolute Gasteiger partial charge is 0.508 e. The number of nitrogens with zero attached hydrogens (tertiary/aromatic N) is 2. The molecule has 3 aromatic rings. The number of Topliss-reactive ketones (excluding diaryl/α,β-unsaturated/α-hetero) is 1. The Morgan fingerprint density at radius 2 is 1.61 bits per heavy atom. The first-order chi connectivity index (χ1) is 14.9. The van der Waals surface area contributed by atoms with Crippen molar-refractivity contribution in [3.8, 4) is 22.6 Å². The molecule has 0 aromatic heterocycles. The minimum atomic E-state index is -0.526. The number of rotatable bonds is 6. The number of phenolic OH excluding ortho intramolecular Hbond substituents is 1. The van der Waals surface area contributed by atoms with Gasteiger partial charge in [0.05, 0.1) is 24.9 Å². The molecule has 0 saturated carbocycles. The fraction of sp³-hybridized carbons (Fsp3) is 0.200. The molecule has 0 unspecified atom stereocenters. The fourth-order valence-corrected chi connectivity index (χ4v) is 3.78. The first-order valence-corrected chi connectivity index (χ1v) is 9.97. The van der Waals surface area contributed by atoms with E-state index < -0.39 is 11.7 Å². The number of hydrogen-bond acceptors (Lipinski definition) is 5. The second-order valence-corrected chi connectivity index (χ2v) is 7.88. The van der Waals surface area contributed by atoms with E-state index in [9.17, 15) is 14.7 Å². The number of hydrogen-bond donors (Lipinski definition) is 1. The van der Waals surface area contributed by atoms with Crippen molar-refractivity contribution in [3.63, 3.8) is 0 Å². The normalized spacial score (nSPS) is 13.1. The Bertz CT molecular complexity index is 1150. The van der Waals surface area contributed by atoms with Crippen LogP contribution in [0.5, 0.6) is 11.5 Å². The maximum Gasteiger partial charge on any atom is 0.299 e. The number of aromatic hydroxyl groups is 1. The molecule has 1 amide bonds. The Hall–Kier alpha value is -3.64. The van der Waals surface area contributed by atoms with Crippen molar-refractivity contribution >= 4 is 17.4 Å². The average molecular weight is 416 g/mol. The molecule has 1 aliphatic rings. The van der Waals surface area contributed by atoms with Crippen LogP contribution in [0.2, 0.25) is 0 Å². The molecule has 3 aromatic carbocycles. The van der Waals surface area contributed by atoms with Gasteiger partial charge in [0.1, 0.15) is 11.5 Å². The third kappa shape index (κ3) is 4.02. The van der Waals surface area contributed by atoms with E-state index in [0.29, 0.717) is 24.3 Å². The van der Waals surface area contributed by atoms with Crippen LogP contribution in [-0.4, -0.2) is 42.9 Å². The molecule has 6 heteroatoms. The molecule has 1 aliphatic heterocycles. The van der Waals surface area contributed by atoms with E-state index in [2.05, 4.69) is 0 Å². The zero-order valence-electron chi connectivity index (χ0n) is 17.8. The molecule has 4 rings (SSSR count). The van der Waals surface area contributed by atoms with Gasteiger partial charge in [0.25, 0.3) is 11.7 Å². The summed E-state index contributed by atoms with van der Waals surface area (Å²) in [4.78, 5) is 28.8. The minimum absolute atomic E-state index is 0.232. The smallest absolute Gasteiger partial charge is 0.299 e. The average Bonchev–Trinajstić information content (AvgIpc) is 3.00. The number of phenols is 1. The predicted octanol–water partition coefficient (Wildman–Crippen LogP) is 3.86. The van der Waals surface area contributed by atoms with Crippen molar-refractivity contribution in [2.75, 3.05) is 26.1 Å². The third-order valence-electron chi connectivity index (χ3n) is 5.37. The van der Waals surface area contributed by atoms with Crippen LogP contribution in [0.25, 0.3) is 11.1 Å². The Labute approximate surface area is 181 Å². The molecule has 0 radical (unpaired) electrons. The molecule has 0 atom stereocenters. The molecule has 0 fully saturated rings. The Morgan fingerprint density at radius 1 is 0.935 bits per heavy atom. The summed E-state index contributed by atoms with van der Waals surface area (Å²) in [5, 5.41) is 10.1. The van der Waals surface area contributed by atoms with Crippen LogP contribution in [0.4, 0.5) is 5.69 Å². The Kier molecular flexibility index (Phi) is 5.48. The van der Waals surface area contributed by atoms with Crippen molar-refractivity contribution < 1.29 is 19.4 Å². The summed E-state index contributed by atoms with van der Waals surface area (Å²) in [6.45, 7) is 0.908. The summed E-state index contributed by atoms with van der Waals surface area (Å²) in [5.74, 6) is -0.0599. The van der Waals surface area contributed by atoms with E-state index in [-0.39, 0.29) is 5.75 Å². The van der Waals surface area contributed by atoms with Gasteiger partial charge in [-0.25, -0.2) is 0 Å². The number of amides is 1. The van der Waals surface area contributed by atoms with E-state index in [1.54, 1.807) is 19.2 Å². The molecular weight excluding hydrogens is 392 g/mol. The van der Waals surface area contributed by atoms with Gasteiger partial charge in [-0.05, 0) is 67.2 Å². The molecule has 0 spiro atoms. The number of carbonyl (C=O) groups excluding carboxylic acids is 2. The lowest BCUT2D eigenvalue weighted by Gasteiger charge is -2.17. The molecule has 6 nitrogen and oxygen atoms in total. The van der Waals surface area contributed by atoms with E-state index in [1.165, 1.54) is 4.90 Å². The van der Waals surface area contributed by atoms with Gasteiger partial charge in [-0.1, -0.05) is 24.3 Å². The van der Waals surface area contributed by atoms with E-state index in [0.717, 1.165) is 28.0 Å². The van der Waals surface area contributed by atoms with E-state index in [1.807, 2.05) is 67.5 Å². The predicted molar refractivity (Wildman–Crippen MR) is 119 cm³/mol. The zero-order valence-corrected chi connectivity index (χ0v) is 17.8. The van der Waals surface area contributed by atoms with Gasteiger partial charge in [-0.15, -0.1) is 0 Å². The van der Waals surface area contributed by atoms with Crippen LogP contribution in [0.15, 0.2) is 60.7 Å². The summed E-state index contributed by atoms with van der Waals surface area (Å²) >= 11 is 0. The van der Waals surface area contributed by atoms with Crippen LogP contribution in [0.1, 0.15) is 21.5 Å². The highest BCUT2D eigenvalue weighted by atomic mass is 16.5. The SMILES string of the molecule is COc1ccc(CN2C(=O)C(=O)c3cc(-c4ccc(O)c(CN(C)C)c4)ccc32)cc1. The zero-order chi connectivity index (χ0) is 22.1. The second kappa shape index (κ2) is 8.24. The van der Waals surface area contributed by atoms with Gasteiger partial charge in [-0.2, -0.15) is 0 Å². The number of ketones is 1. The van der Waals surface area contributed by atoms with Crippen LogP contribution in [0.3, 0.4) is 0 Å². The van der Waals surface area contributed by atoms with Gasteiger partial charge >= 0.3 is 0 Å². The molecule has 158 valence electrons. The number of carbonyl (C=O) groups is 2. The summed E-state index contributed by atoms with van der Waals surface area (Å²) < 4.78 is 5.17. The van der Waals surface area contributed by atoms with Crippen LogP contribution >= 0.6 is 0 Å². The molecule has 0 aliphatic carbocycles. The lowest BCUT2D eigenvalue weighted by atomic mass is 9.99. The van der Waals surface area contributed by atoms with Gasteiger partial charge in [0.2, 0.25) is 0 Å². The monoisotopic (exact) mass is 416 g/mol.